The fourth-order valence-electron chi connectivity index (χ4n) is 3.19. The van der Waals surface area contributed by atoms with Crippen molar-refractivity contribution in [2.24, 2.45) is 0 Å². The van der Waals surface area contributed by atoms with Gasteiger partial charge < -0.3 is 10.1 Å². The average molecular weight is 245 g/mol. The number of hydrogen-bond acceptors (Lipinski definition) is 2. The number of fused-ring (bicyclic) bond motifs is 1. The van der Waals surface area contributed by atoms with Crippen molar-refractivity contribution >= 4 is 0 Å². The minimum atomic E-state index is 0.457. The zero-order valence-corrected chi connectivity index (χ0v) is 11.2. The van der Waals surface area contributed by atoms with E-state index in [1.807, 2.05) is 0 Å². The molecule has 1 unspecified atom stereocenters. The summed E-state index contributed by atoms with van der Waals surface area (Å²) in [4.78, 5) is 0. The highest BCUT2D eigenvalue weighted by Gasteiger charge is 2.18. The maximum Gasteiger partial charge on any atom is 0.122 e. The van der Waals surface area contributed by atoms with Crippen molar-refractivity contribution in [2.75, 3.05) is 6.61 Å². The van der Waals surface area contributed by atoms with Gasteiger partial charge in [0.1, 0.15) is 5.75 Å². The largest absolute Gasteiger partial charge is 0.493 e. The van der Waals surface area contributed by atoms with Gasteiger partial charge in [0, 0.05) is 18.5 Å². The fraction of sp³-hybridized carbons (Fsp3) is 0.625. The van der Waals surface area contributed by atoms with Gasteiger partial charge in [-0.2, -0.15) is 0 Å². The quantitative estimate of drug-likeness (QED) is 0.878. The smallest absolute Gasteiger partial charge is 0.122 e. The van der Waals surface area contributed by atoms with Crippen molar-refractivity contribution in [1.29, 1.82) is 0 Å². The van der Waals surface area contributed by atoms with E-state index in [1.165, 1.54) is 43.2 Å². The molecule has 0 spiro atoms. The van der Waals surface area contributed by atoms with Crippen LogP contribution in [0.5, 0.6) is 5.75 Å². The lowest BCUT2D eigenvalue weighted by Crippen LogP contribution is -2.33. The molecular weight excluding hydrogens is 222 g/mol. The van der Waals surface area contributed by atoms with Gasteiger partial charge in [-0.15, -0.1) is 0 Å². The van der Waals surface area contributed by atoms with E-state index in [1.54, 1.807) is 0 Å². The molecule has 0 saturated heterocycles. The molecule has 1 aliphatic heterocycles. The summed E-state index contributed by atoms with van der Waals surface area (Å²) in [5.41, 5.74) is 2.79. The predicted octanol–water partition coefficient (Wildman–Crippen LogP) is 3.60. The van der Waals surface area contributed by atoms with E-state index in [2.05, 4.69) is 30.4 Å². The Bertz CT molecular complexity index is 410. The van der Waals surface area contributed by atoms with Gasteiger partial charge >= 0.3 is 0 Å². The van der Waals surface area contributed by atoms with Crippen LogP contribution in [0.1, 0.15) is 56.2 Å². The first-order valence-electron chi connectivity index (χ1n) is 7.34. The number of rotatable bonds is 3. The molecule has 1 atom stereocenters. The lowest BCUT2D eigenvalue weighted by atomic mass is 9.94. The van der Waals surface area contributed by atoms with Crippen LogP contribution in [0.2, 0.25) is 0 Å². The minimum absolute atomic E-state index is 0.457. The lowest BCUT2D eigenvalue weighted by molar-refractivity contribution is 0.346. The van der Waals surface area contributed by atoms with Crippen molar-refractivity contribution in [3.05, 3.63) is 29.3 Å². The summed E-state index contributed by atoms with van der Waals surface area (Å²) in [6.07, 6.45) is 7.96. The highest BCUT2D eigenvalue weighted by Crippen LogP contribution is 2.29. The molecule has 98 valence electrons. The van der Waals surface area contributed by atoms with Crippen molar-refractivity contribution in [3.8, 4) is 5.75 Å². The van der Waals surface area contributed by atoms with Crippen LogP contribution in [0, 0.1) is 0 Å². The van der Waals surface area contributed by atoms with E-state index in [-0.39, 0.29) is 0 Å². The molecule has 2 aliphatic rings. The second kappa shape index (κ2) is 5.31. The predicted molar refractivity (Wildman–Crippen MR) is 74.1 cm³/mol. The molecule has 1 aromatic carbocycles. The normalized spacial score (nSPS) is 21.4. The Morgan fingerprint density at radius 1 is 1.22 bits per heavy atom. The van der Waals surface area contributed by atoms with E-state index < -0.39 is 0 Å². The van der Waals surface area contributed by atoms with E-state index in [0.29, 0.717) is 6.04 Å². The summed E-state index contributed by atoms with van der Waals surface area (Å²) in [6, 6.07) is 7.85. The lowest BCUT2D eigenvalue weighted by Gasteiger charge is -2.27. The van der Waals surface area contributed by atoms with Crippen LogP contribution in [0.3, 0.4) is 0 Å². The summed E-state index contributed by atoms with van der Waals surface area (Å²) in [5, 5.41) is 3.79. The van der Waals surface area contributed by atoms with Gasteiger partial charge in [0.15, 0.2) is 0 Å². The van der Waals surface area contributed by atoms with Gasteiger partial charge in [0.05, 0.1) is 6.61 Å². The van der Waals surface area contributed by atoms with Gasteiger partial charge in [0.2, 0.25) is 0 Å². The van der Waals surface area contributed by atoms with Gasteiger partial charge in [0.25, 0.3) is 0 Å². The molecule has 0 bridgehead atoms. The zero-order chi connectivity index (χ0) is 12.4. The third kappa shape index (κ3) is 2.54. The molecule has 2 nitrogen and oxygen atoms in total. The van der Waals surface area contributed by atoms with E-state index in [0.717, 1.165) is 24.8 Å². The van der Waals surface area contributed by atoms with Crippen molar-refractivity contribution in [2.45, 2.75) is 57.5 Å². The second-order valence-corrected chi connectivity index (χ2v) is 5.69. The fourth-order valence-corrected chi connectivity index (χ4v) is 3.19. The summed E-state index contributed by atoms with van der Waals surface area (Å²) in [6.45, 7) is 3.13. The summed E-state index contributed by atoms with van der Waals surface area (Å²) < 4.78 is 5.56. The van der Waals surface area contributed by atoms with Gasteiger partial charge in [-0.05, 0) is 37.0 Å². The summed E-state index contributed by atoms with van der Waals surface area (Å²) in [7, 11) is 0. The van der Waals surface area contributed by atoms with Crippen LogP contribution >= 0.6 is 0 Å². The van der Waals surface area contributed by atoms with Gasteiger partial charge in [-0.1, -0.05) is 31.4 Å². The molecule has 1 N–H and O–H groups in total. The molecule has 1 aliphatic carbocycles. The van der Waals surface area contributed by atoms with Crippen LogP contribution in [0.4, 0.5) is 0 Å². The van der Waals surface area contributed by atoms with Crippen LogP contribution in [-0.2, 0) is 6.42 Å². The van der Waals surface area contributed by atoms with Gasteiger partial charge in [-0.3, -0.25) is 0 Å². The number of ether oxygens (including phenoxy) is 1. The molecule has 1 saturated carbocycles. The number of nitrogens with one attached hydrogen (secondary N) is 1. The van der Waals surface area contributed by atoms with E-state index in [4.69, 9.17) is 4.74 Å². The molecule has 0 aromatic heterocycles. The maximum absolute atomic E-state index is 5.56. The summed E-state index contributed by atoms with van der Waals surface area (Å²) >= 11 is 0. The van der Waals surface area contributed by atoms with Crippen LogP contribution < -0.4 is 10.1 Å². The topological polar surface area (TPSA) is 21.3 Å². The van der Waals surface area contributed by atoms with Crippen molar-refractivity contribution < 1.29 is 4.74 Å². The third-order valence-electron chi connectivity index (χ3n) is 4.30. The molecule has 3 rings (SSSR count). The van der Waals surface area contributed by atoms with Gasteiger partial charge in [-0.25, -0.2) is 0 Å². The number of hydrogen-bond donors (Lipinski definition) is 1. The van der Waals surface area contributed by atoms with Crippen LogP contribution in [0.15, 0.2) is 18.2 Å². The average Bonchev–Trinajstić information content (AvgIpc) is 2.87. The first-order valence-corrected chi connectivity index (χ1v) is 7.34. The second-order valence-electron chi connectivity index (χ2n) is 5.69. The molecule has 1 heterocycles. The standard InChI is InChI=1S/C16H23NO/c1-12(17-15-5-3-2-4-6-15)13-7-8-16-14(11-13)9-10-18-16/h7-8,11-12,15,17H,2-6,9-10H2,1H3. The van der Waals surface area contributed by atoms with E-state index >= 15 is 0 Å². The molecular formula is C16H23NO. The maximum atomic E-state index is 5.56. The van der Waals surface area contributed by atoms with E-state index in [9.17, 15) is 0 Å². The Labute approximate surface area is 110 Å². The Hall–Kier alpha value is -1.02. The molecule has 0 amide bonds. The summed E-state index contributed by atoms with van der Waals surface area (Å²) in [5.74, 6) is 1.09. The Kier molecular flexibility index (Phi) is 3.55. The van der Waals surface area contributed by atoms with Crippen molar-refractivity contribution in [1.82, 2.24) is 5.32 Å². The number of benzene rings is 1. The Balaban J connectivity index is 1.66. The monoisotopic (exact) mass is 245 g/mol. The Morgan fingerprint density at radius 2 is 2.06 bits per heavy atom. The molecule has 18 heavy (non-hydrogen) atoms. The Morgan fingerprint density at radius 3 is 2.89 bits per heavy atom. The van der Waals surface area contributed by atoms with Crippen LogP contribution in [-0.4, -0.2) is 12.6 Å². The third-order valence-corrected chi connectivity index (χ3v) is 4.30. The van der Waals surface area contributed by atoms with Crippen molar-refractivity contribution in [3.63, 3.8) is 0 Å². The first-order chi connectivity index (χ1) is 8.83. The first kappa shape index (κ1) is 12.0. The van der Waals surface area contributed by atoms with Crippen LogP contribution in [0.25, 0.3) is 0 Å². The molecule has 0 radical (unpaired) electrons. The highest BCUT2D eigenvalue weighted by molar-refractivity contribution is 5.40. The molecule has 1 aromatic rings. The molecule has 1 fully saturated rings. The minimum Gasteiger partial charge on any atom is -0.493 e. The highest BCUT2D eigenvalue weighted by atomic mass is 16.5. The SMILES string of the molecule is CC(NC1CCCCC1)c1ccc2c(c1)CCO2. The molecule has 2 heteroatoms. The zero-order valence-electron chi connectivity index (χ0n) is 11.2.